The van der Waals surface area contributed by atoms with Crippen LogP contribution in [0, 0.1) is 0 Å². The Morgan fingerprint density at radius 3 is 2.69 bits per heavy atom. The first kappa shape index (κ1) is 19.3. The van der Waals surface area contributed by atoms with E-state index < -0.39 is 0 Å². The molecule has 0 aliphatic carbocycles. The number of fused-ring (bicyclic) bond motifs is 1. The maximum absolute atomic E-state index is 12.7. The molecule has 2 aromatic heterocycles. The molecule has 4 rings (SSSR count). The average molecular weight is 411 g/mol. The molecule has 0 bridgehead atoms. The van der Waals surface area contributed by atoms with Crippen LogP contribution in [0.5, 0.6) is 11.5 Å². The van der Waals surface area contributed by atoms with Crippen molar-refractivity contribution in [2.75, 3.05) is 18.5 Å². The molecule has 9 heteroatoms. The molecular weight excluding hydrogens is 390 g/mol. The number of nitrogens with one attached hydrogen (secondary N) is 1. The van der Waals surface area contributed by atoms with E-state index in [1.807, 2.05) is 30.5 Å². The SMILES string of the molecule is CCn1c(S[C@H](C)C(=O)Nc2ccc3c(c2)OCCO3)nnc1-c1ccncc1. The van der Waals surface area contributed by atoms with Gasteiger partial charge >= 0.3 is 0 Å². The molecule has 1 N–H and O–H groups in total. The highest BCUT2D eigenvalue weighted by Crippen LogP contribution is 2.33. The second-order valence-electron chi connectivity index (χ2n) is 6.39. The van der Waals surface area contributed by atoms with E-state index in [2.05, 4.69) is 20.5 Å². The van der Waals surface area contributed by atoms with Crippen molar-refractivity contribution in [3.05, 3.63) is 42.7 Å². The number of aromatic nitrogens is 4. The molecule has 0 spiro atoms. The molecule has 0 saturated heterocycles. The van der Waals surface area contributed by atoms with Crippen molar-refractivity contribution in [2.45, 2.75) is 30.8 Å². The number of amides is 1. The van der Waals surface area contributed by atoms with Crippen molar-refractivity contribution in [2.24, 2.45) is 0 Å². The standard InChI is InChI=1S/C20H21N5O3S/c1-3-25-18(14-6-8-21-9-7-14)23-24-20(25)29-13(2)19(26)22-15-4-5-16-17(12-15)28-11-10-27-16/h4-9,12-13H,3,10-11H2,1-2H3,(H,22,26)/t13-/m1/s1. The molecule has 0 radical (unpaired) electrons. The lowest BCUT2D eigenvalue weighted by molar-refractivity contribution is -0.115. The molecule has 0 unspecified atom stereocenters. The largest absolute Gasteiger partial charge is 0.486 e. The van der Waals surface area contributed by atoms with Gasteiger partial charge in [-0.25, -0.2) is 0 Å². The van der Waals surface area contributed by atoms with Crippen LogP contribution >= 0.6 is 11.8 Å². The van der Waals surface area contributed by atoms with Crippen LogP contribution in [-0.4, -0.2) is 44.1 Å². The third-order valence-electron chi connectivity index (χ3n) is 4.43. The second-order valence-corrected chi connectivity index (χ2v) is 7.70. The quantitative estimate of drug-likeness (QED) is 0.623. The Morgan fingerprint density at radius 1 is 1.17 bits per heavy atom. The Hall–Kier alpha value is -3.07. The van der Waals surface area contributed by atoms with Gasteiger partial charge < -0.3 is 19.4 Å². The van der Waals surface area contributed by atoms with Crippen LogP contribution in [0.2, 0.25) is 0 Å². The van der Waals surface area contributed by atoms with Gasteiger partial charge in [0.25, 0.3) is 0 Å². The first-order valence-corrected chi connectivity index (χ1v) is 10.2. The molecule has 0 fully saturated rings. The van der Waals surface area contributed by atoms with Crippen LogP contribution in [0.1, 0.15) is 13.8 Å². The van der Waals surface area contributed by atoms with E-state index >= 15 is 0 Å². The Labute approximate surface area is 172 Å². The van der Waals surface area contributed by atoms with E-state index in [1.165, 1.54) is 11.8 Å². The Morgan fingerprint density at radius 2 is 1.93 bits per heavy atom. The van der Waals surface area contributed by atoms with Gasteiger partial charge in [-0.1, -0.05) is 11.8 Å². The molecule has 150 valence electrons. The number of anilines is 1. The molecule has 0 saturated carbocycles. The monoisotopic (exact) mass is 411 g/mol. The molecule has 1 aromatic carbocycles. The minimum Gasteiger partial charge on any atom is -0.486 e. The summed E-state index contributed by atoms with van der Waals surface area (Å²) in [5, 5.41) is 11.9. The molecule has 1 atom stereocenters. The van der Waals surface area contributed by atoms with Crippen LogP contribution in [0.3, 0.4) is 0 Å². The number of thioether (sulfide) groups is 1. The Bertz CT molecular complexity index is 1010. The fraction of sp³-hybridized carbons (Fsp3) is 0.300. The second kappa shape index (κ2) is 8.52. The summed E-state index contributed by atoms with van der Waals surface area (Å²) in [5.74, 6) is 1.97. The number of hydrogen-bond donors (Lipinski definition) is 1. The number of rotatable bonds is 6. The zero-order chi connectivity index (χ0) is 20.2. The number of hydrogen-bond acceptors (Lipinski definition) is 7. The third kappa shape index (κ3) is 4.19. The smallest absolute Gasteiger partial charge is 0.237 e. The summed E-state index contributed by atoms with van der Waals surface area (Å²) in [7, 11) is 0. The summed E-state index contributed by atoms with van der Waals surface area (Å²) >= 11 is 1.37. The molecule has 3 aromatic rings. The molecule has 1 aliphatic rings. The maximum atomic E-state index is 12.7. The predicted octanol–water partition coefficient (Wildman–Crippen LogP) is 3.25. The number of ether oxygens (including phenoxy) is 2. The molecule has 8 nitrogen and oxygen atoms in total. The fourth-order valence-electron chi connectivity index (χ4n) is 2.95. The van der Waals surface area contributed by atoms with E-state index in [9.17, 15) is 4.79 Å². The number of pyridine rings is 1. The summed E-state index contributed by atoms with van der Waals surface area (Å²) in [6.45, 7) is 5.61. The summed E-state index contributed by atoms with van der Waals surface area (Å²) in [6.07, 6.45) is 3.44. The lowest BCUT2D eigenvalue weighted by Gasteiger charge is -2.19. The first-order valence-electron chi connectivity index (χ1n) is 9.36. The van der Waals surface area contributed by atoms with Crippen LogP contribution in [0.15, 0.2) is 47.9 Å². The maximum Gasteiger partial charge on any atom is 0.237 e. The zero-order valence-electron chi connectivity index (χ0n) is 16.2. The number of carbonyl (C=O) groups is 1. The van der Waals surface area contributed by atoms with Crippen molar-refractivity contribution in [3.63, 3.8) is 0 Å². The topological polar surface area (TPSA) is 91.2 Å². The van der Waals surface area contributed by atoms with E-state index in [0.29, 0.717) is 42.1 Å². The highest BCUT2D eigenvalue weighted by Gasteiger charge is 2.21. The van der Waals surface area contributed by atoms with Crippen LogP contribution in [-0.2, 0) is 11.3 Å². The van der Waals surface area contributed by atoms with Crippen LogP contribution < -0.4 is 14.8 Å². The van der Waals surface area contributed by atoms with E-state index in [0.717, 1.165) is 11.4 Å². The molecule has 3 heterocycles. The lowest BCUT2D eigenvalue weighted by Crippen LogP contribution is -2.23. The normalized spacial score (nSPS) is 13.7. The highest BCUT2D eigenvalue weighted by molar-refractivity contribution is 8.00. The van der Waals surface area contributed by atoms with Gasteiger partial charge in [0, 0.05) is 36.3 Å². The summed E-state index contributed by atoms with van der Waals surface area (Å²) in [4.78, 5) is 16.7. The van der Waals surface area contributed by atoms with Gasteiger partial charge in [-0.05, 0) is 38.1 Å². The van der Waals surface area contributed by atoms with Gasteiger partial charge in [0.1, 0.15) is 13.2 Å². The zero-order valence-corrected chi connectivity index (χ0v) is 17.0. The van der Waals surface area contributed by atoms with Gasteiger partial charge in [0.15, 0.2) is 22.5 Å². The molecule has 1 aliphatic heterocycles. The van der Waals surface area contributed by atoms with Gasteiger partial charge in [-0.2, -0.15) is 0 Å². The highest BCUT2D eigenvalue weighted by atomic mass is 32.2. The van der Waals surface area contributed by atoms with Gasteiger partial charge in [-0.3, -0.25) is 9.78 Å². The number of benzene rings is 1. The molecule has 1 amide bonds. The fourth-order valence-corrected chi connectivity index (χ4v) is 3.87. The number of carbonyl (C=O) groups excluding carboxylic acids is 1. The van der Waals surface area contributed by atoms with Gasteiger partial charge in [0.05, 0.1) is 5.25 Å². The van der Waals surface area contributed by atoms with Crippen LogP contribution in [0.25, 0.3) is 11.4 Å². The summed E-state index contributed by atoms with van der Waals surface area (Å²) in [6, 6.07) is 9.17. The van der Waals surface area contributed by atoms with Crippen LogP contribution in [0.4, 0.5) is 5.69 Å². The van der Waals surface area contributed by atoms with E-state index in [-0.39, 0.29) is 11.2 Å². The molecular formula is C20H21N5O3S. The van der Waals surface area contributed by atoms with Crippen molar-refractivity contribution in [1.82, 2.24) is 19.7 Å². The van der Waals surface area contributed by atoms with E-state index in [1.54, 1.807) is 30.6 Å². The van der Waals surface area contributed by atoms with Crippen molar-refractivity contribution in [1.29, 1.82) is 0 Å². The van der Waals surface area contributed by atoms with Crippen molar-refractivity contribution in [3.8, 4) is 22.9 Å². The first-order chi connectivity index (χ1) is 14.2. The summed E-state index contributed by atoms with van der Waals surface area (Å²) in [5.41, 5.74) is 1.61. The van der Waals surface area contributed by atoms with Crippen molar-refractivity contribution < 1.29 is 14.3 Å². The summed E-state index contributed by atoms with van der Waals surface area (Å²) < 4.78 is 13.1. The van der Waals surface area contributed by atoms with Gasteiger partial charge in [0.2, 0.25) is 5.91 Å². The average Bonchev–Trinajstić information content (AvgIpc) is 3.16. The molecule has 29 heavy (non-hydrogen) atoms. The minimum atomic E-state index is -0.358. The minimum absolute atomic E-state index is 0.122. The third-order valence-corrected chi connectivity index (χ3v) is 5.51. The van der Waals surface area contributed by atoms with Crippen molar-refractivity contribution >= 4 is 23.4 Å². The lowest BCUT2D eigenvalue weighted by atomic mass is 10.2. The Kier molecular flexibility index (Phi) is 5.66. The van der Waals surface area contributed by atoms with E-state index in [4.69, 9.17) is 9.47 Å². The predicted molar refractivity (Wildman–Crippen MR) is 110 cm³/mol. The Balaban J connectivity index is 1.46. The van der Waals surface area contributed by atoms with Gasteiger partial charge in [-0.15, -0.1) is 10.2 Å². The number of nitrogens with zero attached hydrogens (tertiary/aromatic N) is 4.